The fourth-order valence-corrected chi connectivity index (χ4v) is 5.18. The molecular formula is C23H29N7O3S. The maximum Gasteiger partial charge on any atom is 0.228 e. The van der Waals surface area contributed by atoms with Crippen LogP contribution in [0.25, 0.3) is 11.0 Å². The first-order valence-corrected chi connectivity index (χ1v) is 13.3. The summed E-state index contributed by atoms with van der Waals surface area (Å²) in [6.45, 7) is 3.01. The van der Waals surface area contributed by atoms with E-state index in [0.29, 0.717) is 30.2 Å². The molecule has 1 saturated carbocycles. The van der Waals surface area contributed by atoms with Gasteiger partial charge in [-0.1, -0.05) is 6.92 Å². The van der Waals surface area contributed by atoms with Crippen molar-refractivity contribution < 1.29 is 13.2 Å². The number of amides is 1. The number of pyridine rings is 2. The lowest BCUT2D eigenvalue weighted by Gasteiger charge is -2.37. The summed E-state index contributed by atoms with van der Waals surface area (Å²) in [6.07, 6.45) is 7.40. The molecule has 1 aliphatic heterocycles. The molecule has 3 aromatic heterocycles. The first-order valence-electron chi connectivity index (χ1n) is 11.5. The van der Waals surface area contributed by atoms with Gasteiger partial charge in [0.25, 0.3) is 0 Å². The number of carbonyl (C=O) groups excluding carboxylic acids is 1. The predicted molar refractivity (Wildman–Crippen MR) is 131 cm³/mol. The number of hydrogen-bond acceptors (Lipinski definition) is 7. The Labute approximate surface area is 199 Å². The zero-order valence-electron chi connectivity index (χ0n) is 19.8. The zero-order chi connectivity index (χ0) is 24.2. The van der Waals surface area contributed by atoms with Gasteiger partial charge in [-0.2, -0.15) is 0 Å². The maximum atomic E-state index is 12.4. The second-order valence-electron chi connectivity index (χ2n) is 9.24. The van der Waals surface area contributed by atoms with E-state index in [0.717, 1.165) is 41.7 Å². The minimum atomic E-state index is -3.16. The molecule has 1 aliphatic carbocycles. The highest BCUT2D eigenvalue weighted by Crippen LogP contribution is 2.35. The van der Waals surface area contributed by atoms with Gasteiger partial charge in [0.05, 0.1) is 30.0 Å². The van der Waals surface area contributed by atoms with Gasteiger partial charge >= 0.3 is 0 Å². The van der Waals surface area contributed by atoms with Crippen molar-refractivity contribution in [2.45, 2.75) is 32.1 Å². The molecule has 1 amide bonds. The monoisotopic (exact) mass is 483 g/mol. The highest BCUT2D eigenvalue weighted by atomic mass is 32.2. The summed E-state index contributed by atoms with van der Waals surface area (Å²) in [7, 11) is 0.687. The second kappa shape index (κ2) is 8.31. The number of sulfonamides is 1. The van der Waals surface area contributed by atoms with Crippen molar-refractivity contribution in [2.24, 2.45) is 13.0 Å². The van der Waals surface area contributed by atoms with Crippen molar-refractivity contribution in [2.75, 3.05) is 36.6 Å². The lowest BCUT2D eigenvalue weighted by atomic mass is 9.96. The minimum absolute atomic E-state index is 0.0110. The van der Waals surface area contributed by atoms with Crippen LogP contribution in [0.4, 0.5) is 17.3 Å². The number of imidazole rings is 1. The number of hydrogen-bond donors (Lipinski definition) is 1. The van der Waals surface area contributed by atoms with Gasteiger partial charge in [0.1, 0.15) is 11.3 Å². The lowest BCUT2D eigenvalue weighted by Crippen LogP contribution is -2.48. The van der Waals surface area contributed by atoms with Crippen molar-refractivity contribution >= 4 is 44.3 Å². The number of aryl methyl sites for hydroxylation is 2. The topological polar surface area (TPSA) is 113 Å². The van der Waals surface area contributed by atoms with Gasteiger partial charge in [-0.05, 0) is 30.9 Å². The summed E-state index contributed by atoms with van der Waals surface area (Å²) in [5.41, 5.74) is 4.46. The van der Waals surface area contributed by atoms with Crippen LogP contribution in [-0.4, -0.2) is 64.5 Å². The third kappa shape index (κ3) is 4.14. The summed E-state index contributed by atoms with van der Waals surface area (Å²) in [5.74, 6) is 1.30. The fourth-order valence-electron chi connectivity index (χ4n) is 4.27. The molecule has 0 spiro atoms. The summed E-state index contributed by atoms with van der Waals surface area (Å²) in [4.78, 5) is 28.3. The summed E-state index contributed by atoms with van der Waals surface area (Å²) >= 11 is 0. The van der Waals surface area contributed by atoms with Crippen LogP contribution in [0, 0.1) is 5.92 Å². The van der Waals surface area contributed by atoms with E-state index in [2.05, 4.69) is 28.3 Å². The van der Waals surface area contributed by atoms with E-state index in [1.54, 1.807) is 6.33 Å². The fraction of sp³-hybridized carbons (Fsp3) is 0.478. The van der Waals surface area contributed by atoms with Crippen LogP contribution >= 0.6 is 0 Å². The number of anilines is 3. The average Bonchev–Trinajstić information content (AvgIpc) is 3.54. The van der Waals surface area contributed by atoms with Gasteiger partial charge in [0, 0.05) is 50.8 Å². The predicted octanol–water partition coefficient (Wildman–Crippen LogP) is 2.40. The first-order chi connectivity index (χ1) is 16.2. The van der Waals surface area contributed by atoms with E-state index in [1.165, 1.54) is 10.6 Å². The van der Waals surface area contributed by atoms with Gasteiger partial charge in [-0.3, -0.25) is 9.78 Å². The normalized spacial score (nSPS) is 17.1. The molecule has 0 atom stereocenters. The standard InChI is InChI=1S/C23H29N7O3S/c1-5-14-8-17(16-11-30(12-16)34(4,32)33)24-10-19(14)29(3)20-9-18-21(25-13-28(18)2)22(26-20)27-23(31)15-6-7-15/h8-10,13,15-16H,5-7,11-12H2,1-4H3,(H,26,27,31). The van der Waals surface area contributed by atoms with Crippen LogP contribution in [0.1, 0.15) is 36.9 Å². The molecule has 0 unspecified atom stereocenters. The molecular weight excluding hydrogens is 454 g/mol. The summed E-state index contributed by atoms with van der Waals surface area (Å²) in [5, 5.41) is 2.97. The largest absolute Gasteiger partial charge is 0.334 e. The Kier molecular flexibility index (Phi) is 5.56. The molecule has 0 radical (unpaired) electrons. The van der Waals surface area contributed by atoms with Crippen LogP contribution in [0.2, 0.25) is 0 Å². The first kappa shape index (κ1) is 22.7. The van der Waals surface area contributed by atoms with Crippen molar-refractivity contribution in [3.05, 3.63) is 35.9 Å². The molecule has 4 heterocycles. The number of nitrogens with zero attached hydrogens (tertiary/aromatic N) is 6. The Balaban J connectivity index is 1.45. The van der Waals surface area contributed by atoms with E-state index >= 15 is 0 Å². The van der Waals surface area contributed by atoms with Crippen LogP contribution in [0.3, 0.4) is 0 Å². The van der Waals surface area contributed by atoms with Gasteiger partial charge in [0.15, 0.2) is 5.82 Å². The molecule has 10 nitrogen and oxygen atoms in total. The van der Waals surface area contributed by atoms with Gasteiger partial charge in [0.2, 0.25) is 15.9 Å². The molecule has 180 valence electrons. The van der Waals surface area contributed by atoms with Gasteiger partial charge in [-0.25, -0.2) is 22.7 Å². The molecule has 1 N–H and O–H groups in total. The number of carbonyl (C=O) groups is 1. The third-order valence-electron chi connectivity index (χ3n) is 6.70. The van der Waals surface area contributed by atoms with Gasteiger partial charge < -0.3 is 14.8 Å². The summed E-state index contributed by atoms with van der Waals surface area (Å²) < 4.78 is 26.8. The van der Waals surface area contributed by atoms with Crippen molar-refractivity contribution in [1.82, 2.24) is 23.8 Å². The van der Waals surface area contributed by atoms with E-state index in [9.17, 15) is 13.2 Å². The SMILES string of the molecule is CCc1cc(C2CN(S(C)(=O)=O)C2)ncc1N(C)c1cc2c(ncn2C)c(NC(=O)C2CC2)n1. The van der Waals surface area contributed by atoms with E-state index in [-0.39, 0.29) is 17.7 Å². The molecule has 0 aromatic carbocycles. The molecule has 3 aromatic rings. The number of nitrogens with one attached hydrogen (secondary N) is 1. The molecule has 1 saturated heterocycles. The molecule has 2 aliphatic rings. The van der Waals surface area contributed by atoms with E-state index in [1.807, 2.05) is 35.8 Å². The molecule has 5 rings (SSSR count). The minimum Gasteiger partial charge on any atom is -0.334 e. The van der Waals surface area contributed by atoms with Crippen molar-refractivity contribution in [3.63, 3.8) is 0 Å². The molecule has 0 bridgehead atoms. The number of rotatable bonds is 7. The van der Waals surface area contributed by atoms with Crippen LogP contribution in [0.5, 0.6) is 0 Å². The van der Waals surface area contributed by atoms with E-state index in [4.69, 9.17) is 4.98 Å². The number of aromatic nitrogens is 4. The Morgan fingerprint density at radius 3 is 2.62 bits per heavy atom. The Morgan fingerprint density at radius 2 is 1.97 bits per heavy atom. The van der Waals surface area contributed by atoms with Crippen molar-refractivity contribution in [1.29, 1.82) is 0 Å². The molecule has 2 fully saturated rings. The molecule has 34 heavy (non-hydrogen) atoms. The Morgan fingerprint density at radius 1 is 1.24 bits per heavy atom. The average molecular weight is 484 g/mol. The van der Waals surface area contributed by atoms with Crippen LogP contribution in [-0.2, 0) is 28.3 Å². The smallest absolute Gasteiger partial charge is 0.228 e. The lowest BCUT2D eigenvalue weighted by molar-refractivity contribution is -0.117. The second-order valence-corrected chi connectivity index (χ2v) is 11.2. The Hall–Kier alpha value is -3.05. The maximum absolute atomic E-state index is 12.4. The quantitative estimate of drug-likeness (QED) is 0.549. The van der Waals surface area contributed by atoms with Crippen LogP contribution in [0.15, 0.2) is 24.7 Å². The number of fused-ring (bicyclic) bond motifs is 1. The van der Waals surface area contributed by atoms with E-state index < -0.39 is 10.0 Å². The third-order valence-corrected chi connectivity index (χ3v) is 7.93. The zero-order valence-corrected chi connectivity index (χ0v) is 20.6. The van der Waals surface area contributed by atoms with Crippen molar-refractivity contribution in [3.8, 4) is 0 Å². The highest BCUT2D eigenvalue weighted by Gasteiger charge is 2.35. The van der Waals surface area contributed by atoms with Crippen LogP contribution < -0.4 is 10.2 Å². The summed E-state index contributed by atoms with van der Waals surface area (Å²) in [6, 6.07) is 4.02. The van der Waals surface area contributed by atoms with Gasteiger partial charge in [-0.15, -0.1) is 0 Å². The highest BCUT2D eigenvalue weighted by molar-refractivity contribution is 7.88. The Bertz CT molecular complexity index is 1370. The molecule has 11 heteroatoms.